The number of piperidine rings is 1. The molecule has 0 unspecified atom stereocenters. The second-order valence-corrected chi connectivity index (χ2v) is 8.83. The van der Waals surface area contributed by atoms with Crippen molar-refractivity contribution in [3.05, 3.63) is 54.1 Å². The highest BCUT2D eigenvalue weighted by molar-refractivity contribution is 7.89. The lowest BCUT2D eigenvalue weighted by atomic mass is 10.1. The molecule has 0 spiro atoms. The van der Waals surface area contributed by atoms with E-state index in [1.165, 1.54) is 4.31 Å². The summed E-state index contributed by atoms with van der Waals surface area (Å²) >= 11 is 0. The first kappa shape index (κ1) is 19.4. The molecule has 2 aromatic rings. The molecule has 1 fully saturated rings. The van der Waals surface area contributed by atoms with Gasteiger partial charge in [0.25, 0.3) is 5.91 Å². The summed E-state index contributed by atoms with van der Waals surface area (Å²) in [6.07, 6.45) is 2.88. The van der Waals surface area contributed by atoms with Crippen LogP contribution in [0.15, 0.2) is 53.4 Å². The van der Waals surface area contributed by atoms with E-state index in [0.717, 1.165) is 24.9 Å². The summed E-state index contributed by atoms with van der Waals surface area (Å²) in [5, 5.41) is 2.82. The Labute approximate surface area is 160 Å². The van der Waals surface area contributed by atoms with Gasteiger partial charge in [0.05, 0.1) is 4.90 Å². The van der Waals surface area contributed by atoms with E-state index in [1.54, 1.807) is 30.3 Å². The summed E-state index contributed by atoms with van der Waals surface area (Å²) in [7, 11) is 0.371. The number of hydrogen-bond donors (Lipinski definition) is 1. The van der Waals surface area contributed by atoms with Crippen LogP contribution in [0.4, 0.5) is 11.4 Å². The van der Waals surface area contributed by atoms with Gasteiger partial charge in [0.1, 0.15) is 0 Å². The van der Waals surface area contributed by atoms with Crippen molar-refractivity contribution in [1.29, 1.82) is 0 Å². The summed E-state index contributed by atoms with van der Waals surface area (Å²) < 4.78 is 26.9. The highest BCUT2D eigenvalue weighted by Gasteiger charge is 2.25. The largest absolute Gasteiger partial charge is 0.378 e. The van der Waals surface area contributed by atoms with Crippen LogP contribution in [0.3, 0.4) is 0 Å². The Hall–Kier alpha value is -2.38. The number of benzene rings is 2. The van der Waals surface area contributed by atoms with Crippen LogP contribution in [-0.2, 0) is 10.0 Å². The van der Waals surface area contributed by atoms with Crippen LogP contribution >= 0.6 is 0 Å². The van der Waals surface area contributed by atoms with E-state index < -0.39 is 10.0 Å². The molecule has 0 aliphatic carbocycles. The summed E-state index contributed by atoms with van der Waals surface area (Å²) in [6.45, 7) is 1.14. The third-order valence-corrected chi connectivity index (χ3v) is 6.60. The lowest BCUT2D eigenvalue weighted by molar-refractivity contribution is 0.102. The fraction of sp³-hybridized carbons (Fsp3) is 0.350. The number of hydrogen-bond acceptors (Lipinski definition) is 4. The number of nitrogens with zero attached hydrogens (tertiary/aromatic N) is 2. The summed E-state index contributed by atoms with van der Waals surface area (Å²) in [5.74, 6) is -0.231. The van der Waals surface area contributed by atoms with Gasteiger partial charge in [-0.1, -0.05) is 12.5 Å². The minimum absolute atomic E-state index is 0.231. The Bertz CT molecular complexity index is 902. The molecule has 1 N–H and O–H groups in total. The quantitative estimate of drug-likeness (QED) is 0.855. The van der Waals surface area contributed by atoms with E-state index in [4.69, 9.17) is 0 Å². The van der Waals surface area contributed by atoms with Gasteiger partial charge in [0.2, 0.25) is 10.0 Å². The summed E-state index contributed by atoms with van der Waals surface area (Å²) in [4.78, 5) is 14.7. The van der Waals surface area contributed by atoms with E-state index in [1.807, 2.05) is 37.2 Å². The lowest BCUT2D eigenvalue weighted by Crippen LogP contribution is -2.35. The Morgan fingerprint density at radius 1 is 1.00 bits per heavy atom. The standard InChI is InChI=1S/C20H25N3O3S/c1-22(2)18-8-6-7-16(15-18)20(24)21-17-9-11-19(12-10-17)27(25,26)23-13-4-3-5-14-23/h6-12,15H,3-5,13-14H2,1-2H3,(H,21,24). The molecule has 0 bridgehead atoms. The number of carbonyl (C=O) groups excluding carboxylic acids is 1. The van der Waals surface area contributed by atoms with Gasteiger partial charge in [-0.05, 0) is 55.3 Å². The normalized spacial score (nSPS) is 15.3. The average Bonchev–Trinajstić information content (AvgIpc) is 2.69. The topological polar surface area (TPSA) is 69.7 Å². The minimum Gasteiger partial charge on any atom is -0.378 e. The summed E-state index contributed by atoms with van der Waals surface area (Å²) in [5.41, 5.74) is 2.05. The predicted molar refractivity (Wildman–Crippen MR) is 108 cm³/mol. The van der Waals surface area contributed by atoms with Crippen molar-refractivity contribution < 1.29 is 13.2 Å². The van der Waals surface area contributed by atoms with Crippen molar-refractivity contribution in [3.8, 4) is 0 Å². The molecule has 1 aliphatic heterocycles. The zero-order valence-corrected chi connectivity index (χ0v) is 16.5. The molecule has 1 aliphatic rings. The zero-order valence-electron chi connectivity index (χ0n) is 15.7. The fourth-order valence-corrected chi connectivity index (χ4v) is 4.61. The van der Waals surface area contributed by atoms with E-state index in [0.29, 0.717) is 24.3 Å². The van der Waals surface area contributed by atoms with Crippen LogP contribution in [0.25, 0.3) is 0 Å². The van der Waals surface area contributed by atoms with Crippen LogP contribution in [0, 0.1) is 0 Å². The van der Waals surface area contributed by atoms with Crippen molar-refractivity contribution in [3.63, 3.8) is 0 Å². The summed E-state index contributed by atoms with van der Waals surface area (Å²) in [6, 6.07) is 13.7. The van der Waals surface area contributed by atoms with E-state index in [2.05, 4.69) is 5.32 Å². The number of carbonyl (C=O) groups is 1. The van der Waals surface area contributed by atoms with Gasteiger partial charge in [-0.25, -0.2) is 8.42 Å². The van der Waals surface area contributed by atoms with Crippen molar-refractivity contribution in [2.45, 2.75) is 24.2 Å². The Kier molecular flexibility index (Phi) is 5.82. The fourth-order valence-electron chi connectivity index (χ4n) is 3.09. The van der Waals surface area contributed by atoms with Crippen LogP contribution in [-0.4, -0.2) is 45.8 Å². The molecule has 2 aromatic carbocycles. The van der Waals surface area contributed by atoms with Gasteiger partial charge in [0.15, 0.2) is 0 Å². The van der Waals surface area contributed by atoms with Gasteiger partial charge in [-0.3, -0.25) is 4.79 Å². The molecule has 1 amide bonds. The molecule has 0 aromatic heterocycles. The second kappa shape index (κ2) is 8.10. The van der Waals surface area contributed by atoms with Crippen molar-refractivity contribution in [2.24, 2.45) is 0 Å². The first-order chi connectivity index (χ1) is 12.9. The maximum Gasteiger partial charge on any atom is 0.255 e. The number of anilines is 2. The molecule has 0 atom stereocenters. The predicted octanol–water partition coefficient (Wildman–Crippen LogP) is 3.18. The third kappa shape index (κ3) is 4.48. The molecule has 3 rings (SSSR count). The number of rotatable bonds is 5. The lowest BCUT2D eigenvalue weighted by Gasteiger charge is -2.25. The van der Waals surface area contributed by atoms with E-state index in [9.17, 15) is 13.2 Å². The average molecular weight is 388 g/mol. The maximum absolute atomic E-state index is 12.7. The first-order valence-electron chi connectivity index (χ1n) is 9.07. The molecule has 0 radical (unpaired) electrons. The van der Waals surface area contributed by atoms with Gasteiger partial charge in [0, 0.05) is 44.1 Å². The van der Waals surface area contributed by atoms with Crippen molar-refractivity contribution in [2.75, 3.05) is 37.4 Å². The Morgan fingerprint density at radius 3 is 2.30 bits per heavy atom. The molecule has 7 heteroatoms. The molecule has 27 heavy (non-hydrogen) atoms. The molecular weight excluding hydrogens is 362 g/mol. The number of amides is 1. The van der Waals surface area contributed by atoms with Crippen LogP contribution in [0.2, 0.25) is 0 Å². The van der Waals surface area contributed by atoms with Crippen LogP contribution < -0.4 is 10.2 Å². The first-order valence-corrected chi connectivity index (χ1v) is 10.5. The minimum atomic E-state index is -3.46. The van der Waals surface area contributed by atoms with Crippen molar-refractivity contribution in [1.82, 2.24) is 4.31 Å². The van der Waals surface area contributed by atoms with E-state index in [-0.39, 0.29) is 10.8 Å². The SMILES string of the molecule is CN(C)c1cccc(C(=O)Nc2ccc(S(=O)(=O)N3CCCCC3)cc2)c1. The molecule has 144 valence electrons. The van der Waals surface area contributed by atoms with Gasteiger partial charge in [-0.2, -0.15) is 4.31 Å². The highest BCUT2D eigenvalue weighted by Crippen LogP contribution is 2.22. The molecule has 0 saturated carbocycles. The van der Waals surface area contributed by atoms with Crippen LogP contribution in [0.1, 0.15) is 29.6 Å². The molecule has 1 saturated heterocycles. The van der Waals surface area contributed by atoms with Gasteiger partial charge >= 0.3 is 0 Å². The Morgan fingerprint density at radius 2 is 1.67 bits per heavy atom. The molecule has 6 nitrogen and oxygen atoms in total. The third-order valence-electron chi connectivity index (χ3n) is 4.69. The Balaban J connectivity index is 1.72. The zero-order chi connectivity index (χ0) is 19.4. The van der Waals surface area contributed by atoms with Crippen molar-refractivity contribution >= 4 is 27.3 Å². The maximum atomic E-state index is 12.7. The smallest absolute Gasteiger partial charge is 0.255 e. The molecular formula is C20H25N3O3S. The number of sulfonamides is 1. The van der Waals surface area contributed by atoms with Gasteiger partial charge in [-0.15, -0.1) is 0 Å². The van der Waals surface area contributed by atoms with Crippen LogP contribution in [0.5, 0.6) is 0 Å². The highest BCUT2D eigenvalue weighted by atomic mass is 32.2. The second-order valence-electron chi connectivity index (χ2n) is 6.89. The molecule has 1 heterocycles. The van der Waals surface area contributed by atoms with E-state index >= 15 is 0 Å². The van der Waals surface area contributed by atoms with Gasteiger partial charge < -0.3 is 10.2 Å². The monoisotopic (exact) mass is 387 g/mol. The number of nitrogens with one attached hydrogen (secondary N) is 1.